The van der Waals surface area contributed by atoms with Gasteiger partial charge in [0.05, 0.1) is 33.4 Å². The van der Waals surface area contributed by atoms with E-state index >= 15 is 0 Å². The predicted molar refractivity (Wildman–Crippen MR) is 92.2 cm³/mol. The molecule has 0 aliphatic rings. The van der Waals surface area contributed by atoms with Crippen molar-refractivity contribution in [3.63, 3.8) is 0 Å². The molecule has 0 aliphatic heterocycles. The van der Waals surface area contributed by atoms with Crippen LogP contribution in [0.4, 0.5) is 5.69 Å². The molecule has 0 bridgehead atoms. The van der Waals surface area contributed by atoms with Crippen LogP contribution in [0.5, 0.6) is 5.75 Å². The maximum atomic E-state index is 12.6. The quantitative estimate of drug-likeness (QED) is 0.691. The number of sulfonamides is 1. The lowest BCUT2D eigenvalue weighted by Crippen LogP contribution is -2.13. The van der Waals surface area contributed by atoms with Gasteiger partial charge in [0.15, 0.2) is 0 Å². The number of halogens is 1. The Morgan fingerprint density at radius 2 is 2.13 bits per heavy atom. The summed E-state index contributed by atoms with van der Waals surface area (Å²) in [4.78, 5) is 0.126. The molecule has 2 N–H and O–H groups in total. The van der Waals surface area contributed by atoms with Crippen molar-refractivity contribution in [1.29, 1.82) is 0 Å². The van der Waals surface area contributed by atoms with Crippen molar-refractivity contribution in [2.45, 2.75) is 11.8 Å². The molecule has 0 radical (unpaired) electrons. The summed E-state index contributed by atoms with van der Waals surface area (Å²) < 4.78 is 33.9. The van der Waals surface area contributed by atoms with E-state index in [1.807, 2.05) is 13.0 Å². The summed E-state index contributed by atoms with van der Waals surface area (Å²) in [5.41, 5.74) is 1.08. The average Bonchev–Trinajstić information content (AvgIpc) is 2.99. The van der Waals surface area contributed by atoms with Gasteiger partial charge in [0.1, 0.15) is 5.75 Å². The van der Waals surface area contributed by atoms with Crippen LogP contribution in [0.25, 0.3) is 10.9 Å². The van der Waals surface area contributed by atoms with E-state index in [1.165, 1.54) is 12.1 Å². The van der Waals surface area contributed by atoms with Crippen molar-refractivity contribution in [1.82, 2.24) is 10.2 Å². The number of anilines is 1. The number of nitrogens with one attached hydrogen (secondary N) is 2. The number of para-hydroxylation sites is 1. The number of fused-ring (bicyclic) bond motifs is 1. The van der Waals surface area contributed by atoms with Gasteiger partial charge in [-0.3, -0.25) is 9.82 Å². The lowest BCUT2D eigenvalue weighted by atomic mass is 10.2. The number of benzene rings is 2. The van der Waals surface area contributed by atoms with Crippen molar-refractivity contribution < 1.29 is 13.2 Å². The summed E-state index contributed by atoms with van der Waals surface area (Å²) in [6.45, 7) is 2.29. The van der Waals surface area contributed by atoms with Crippen molar-refractivity contribution in [3.05, 3.63) is 47.1 Å². The highest BCUT2D eigenvalue weighted by Gasteiger charge is 2.18. The Morgan fingerprint density at radius 3 is 2.91 bits per heavy atom. The van der Waals surface area contributed by atoms with Crippen LogP contribution in [-0.4, -0.2) is 25.2 Å². The standard InChI is InChI=1S/C15H14BrN3O3S/c1-2-22-14-8-11(6-7-12(14)16)23(20,21)19-13-5-3-4-10-9-17-18-15(10)13/h3-9,19H,2H2,1H3,(H,17,18). The van der Waals surface area contributed by atoms with Gasteiger partial charge in [-0.15, -0.1) is 0 Å². The third kappa shape index (κ3) is 3.18. The van der Waals surface area contributed by atoms with E-state index in [9.17, 15) is 8.42 Å². The molecule has 3 aromatic rings. The van der Waals surface area contributed by atoms with Gasteiger partial charge < -0.3 is 4.74 Å². The van der Waals surface area contributed by atoms with Crippen molar-refractivity contribution >= 4 is 42.5 Å². The normalized spacial score (nSPS) is 11.6. The Morgan fingerprint density at radius 1 is 1.30 bits per heavy atom. The minimum atomic E-state index is -3.74. The van der Waals surface area contributed by atoms with Crippen LogP contribution in [0.3, 0.4) is 0 Å². The Bertz CT molecular complexity index is 954. The van der Waals surface area contributed by atoms with Crippen LogP contribution in [-0.2, 0) is 10.0 Å². The maximum Gasteiger partial charge on any atom is 0.262 e. The first-order valence-corrected chi connectivity index (χ1v) is 9.16. The van der Waals surface area contributed by atoms with E-state index < -0.39 is 10.0 Å². The smallest absolute Gasteiger partial charge is 0.262 e. The molecule has 1 aromatic heterocycles. The third-order valence-corrected chi connectivity index (χ3v) is 5.25. The molecule has 0 atom stereocenters. The van der Waals surface area contributed by atoms with Crippen LogP contribution in [0.15, 0.2) is 52.0 Å². The number of hydrogen-bond donors (Lipinski definition) is 2. The number of nitrogens with zero attached hydrogens (tertiary/aromatic N) is 1. The summed E-state index contributed by atoms with van der Waals surface area (Å²) in [6, 6.07) is 9.95. The van der Waals surface area contributed by atoms with Gasteiger partial charge >= 0.3 is 0 Å². The number of aromatic nitrogens is 2. The summed E-state index contributed by atoms with van der Waals surface area (Å²) in [6.07, 6.45) is 1.64. The molecule has 120 valence electrons. The Hall–Kier alpha value is -2.06. The molecule has 0 aliphatic carbocycles. The molecule has 6 nitrogen and oxygen atoms in total. The first-order valence-electron chi connectivity index (χ1n) is 6.88. The van der Waals surface area contributed by atoms with E-state index in [2.05, 4.69) is 30.8 Å². The van der Waals surface area contributed by atoms with Gasteiger partial charge in [0.2, 0.25) is 0 Å². The maximum absolute atomic E-state index is 12.6. The molecule has 23 heavy (non-hydrogen) atoms. The largest absolute Gasteiger partial charge is 0.493 e. The van der Waals surface area contributed by atoms with Crippen LogP contribution in [0.1, 0.15) is 6.92 Å². The summed E-state index contributed by atoms with van der Waals surface area (Å²) >= 11 is 3.34. The van der Waals surface area contributed by atoms with Gasteiger partial charge in [-0.05, 0) is 41.1 Å². The molecule has 0 saturated carbocycles. The van der Waals surface area contributed by atoms with E-state index in [4.69, 9.17) is 4.74 Å². The zero-order valence-electron chi connectivity index (χ0n) is 12.2. The first kappa shape index (κ1) is 15.8. The van der Waals surface area contributed by atoms with Crippen molar-refractivity contribution in [2.24, 2.45) is 0 Å². The lowest BCUT2D eigenvalue weighted by molar-refractivity contribution is 0.337. The zero-order chi connectivity index (χ0) is 16.4. The number of ether oxygens (including phenoxy) is 1. The molecule has 0 fully saturated rings. The van der Waals surface area contributed by atoms with Crippen LogP contribution in [0, 0.1) is 0 Å². The van der Waals surface area contributed by atoms with E-state index in [1.54, 1.807) is 24.4 Å². The monoisotopic (exact) mass is 395 g/mol. The Kier molecular flexibility index (Phi) is 4.27. The van der Waals surface area contributed by atoms with E-state index in [0.29, 0.717) is 28.0 Å². The minimum Gasteiger partial charge on any atom is -0.493 e. The van der Waals surface area contributed by atoms with Crippen molar-refractivity contribution in [3.8, 4) is 5.75 Å². The number of H-pyrrole nitrogens is 1. The molecule has 2 aromatic carbocycles. The fourth-order valence-electron chi connectivity index (χ4n) is 2.17. The molecule has 1 heterocycles. The number of aromatic amines is 1. The van der Waals surface area contributed by atoms with E-state index in [0.717, 1.165) is 5.39 Å². The van der Waals surface area contributed by atoms with Gasteiger partial charge in [0, 0.05) is 11.5 Å². The molecule has 3 rings (SSSR count). The van der Waals surface area contributed by atoms with Gasteiger partial charge in [-0.1, -0.05) is 12.1 Å². The second kappa shape index (κ2) is 6.21. The van der Waals surface area contributed by atoms with Crippen LogP contribution >= 0.6 is 15.9 Å². The number of hydrogen-bond acceptors (Lipinski definition) is 4. The second-order valence-electron chi connectivity index (χ2n) is 4.77. The highest BCUT2D eigenvalue weighted by atomic mass is 79.9. The highest BCUT2D eigenvalue weighted by molar-refractivity contribution is 9.10. The number of rotatable bonds is 5. The molecule has 0 saturated heterocycles. The molecule has 0 amide bonds. The van der Waals surface area contributed by atoms with E-state index in [-0.39, 0.29) is 4.90 Å². The first-order chi connectivity index (χ1) is 11.0. The Labute approximate surface area is 142 Å². The van der Waals surface area contributed by atoms with Crippen molar-refractivity contribution in [2.75, 3.05) is 11.3 Å². The Balaban J connectivity index is 1.99. The predicted octanol–water partition coefficient (Wildman–Crippen LogP) is 3.52. The summed E-state index contributed by atoms with van der Waals surface area (Å²) in [5.74, 6) is 0.482. The minimum absolute atomic E-state index is 0.126. The molecular weight excluding hydrogens is 382 g/mol. The van der Waals surface area contributed by atoms with Crippen LogP contribution < -0.4 is 9.46 Å². The SMILES string of the molecule is CCOc1cc(S(=O)(=O)Nc2cccc3cn[nH]c23)ccc1Br. The molecule has 8 heteroatoms. The topological polar surface area (TPSA) is 84.1 Å². The highest BCUT2D eigenvalue weighted by Crippen LogP contribution is 2.29. The summed E-state index contributed by atoms with van der Waals surface area (Å²) in [7, 11) is -3.74. The van der Waals surface area contributed by atoms with Crippen LogP contribution in [0.2, 0.25) is 0 Å². The fourth-order valence-corrected chi connectivity index (χ4v) is 3.62. The zero-order valence-corrected chi connectivity index (χ0v) is 14.6. The van der Waals surface area contributed by atoms with Gasteiger partial charge in [0.25, 0.3) is 10.0 Å². The fraction of sp³-hybridized carbons (Fsp3) is 0.133. The average molecular weight is 396 g/mol. The molecule has 0 unspecified atom stereocenters. The van der Waals surface area contributed by atoms with Gasteiger partial charge in [-0.25, -0.2) is 8.42 Å². The summed E-state index contributed by atoms with van der Waals surface area (Å²) in [5, 5.41) is 7.55. The second-order valence-corrected chi connectivity index (χ2v) is 7.31. The lowest BCUT2D eigenvalue weighted by Gasteiger charge is -2.11. The third-order valence-electron chi connectivity index (χ3n) is 3.23. The van der Waals surface area contributed by atoms with Gasteiger partial charge in [-0.2, -0.15) is 5.10 Å². The molecular formula is C15H14BrN3O3S. The molecule has 0 spiro atoms.